The van der Waals surface area contributed by atoms with Crippen LogP contribution in [0.2, 0.25) is 0 Å². The topological polar surface area (TPSA) is 80.3 Å². The fraction of sp³-hybridized carbons (Fsp3) is 0.231. The van der Waals surface area contributed by atoms with Crippen LogP contribution in [0.3, 0.4) is 0 Å². The Morgan fingerprint density at radius 1 is 0.889 bits per heavy atom. The van der Waals surface area contributed by atoms with Crippen molar-refractivity contribution in [1.82, 2.24) is 5.32 Å². The quantitative estimate of drug-likeness (QED) is 0.818. The van der Waals surface area contributed by atoms with Crippen LogP contribution in [0.1, 0.15) is 51.8 Å². The van der Waals surface area contributed by atoms with Gasteiger partial charge in [0.25, 0.3) is 5.91 Å². The molecule has 0 bridgehead atoms. The van der Waals surface area contributed by atoms with Crippen molar-refractivity contribution in [2.24, 2.45) is 0 Å². The number of ketones is 2. The number of carbonyl (C=O) groups excluding carboxylic acids is 4. The predicted molar refractivity (Wildman–Crippen MR) is 64.6 cm³/mol. The Bertz CT molecular complexity index is 546. The fourth-order valence-corrected chi connectivity index (χ4v) is 1.52. The van der Waals surface area contributed by atoms with Gasteiger partial charge in [-0.1, -0.05) is 0 Å². The van der Waals surface area contributed by atoms with E-state index in [2.05, 4.69) is 5.32 Å². The second-order valence-corrected chi connectivity index (χ2v) is 3.88. The van der Waals surface area contributed by atoms with Crippen molar-refractivity contribution in [3.8, 4) is 0 Å². The molecule has 1 N–H and O–H groups in total. The van der Waals surface area contributed by atoms with Gasteiger partial charge in [-0.3, -0.25) is 24.5 Å². The summed E-state index contributed by atoms with van der Waals surface area (Å²) in [4.78, 5) is 45.1. The lowest BCUT2D eigenvalue weighted by molar-refractivity contribution is -0.118. The first-order valence-corrected chi connectivity index (χ1v) is 5.30. The predicted octanol–water partition coefficient (Wildman–Crippen LogP) is 1.37. The molecule has 0 saturated carbocycles. The minimum atomic E-state index is -0.597. The first-order valence-electron chi connectivity index (χ1n) is 5.30. The van der Waals surface area contributed by atoms with Crippen LogP contribution in [0.25, 0.3) is 0 Å². The van der Waals surface area contributed by atoms with E-state index in [1.54, 1.807) is 0 Å². The van der Waals surface area contributed by atoms with Crippen LogP contribution in [0, 0.1) is 0 Å². The molecule has 2 amide bonds. The van der Waals surface area contributed by atoms with Gasteiger partial charge in [-0.15, -0.1) is 0 Å². The average molecular weight is 247 g/mol. The Kier molecular flexibility index (Phi) is 4.09. The number of hydrogen-bond donors (Lipinski definition) is 1. The Morgan fingerprint density at radius 3 is 1.89 bits per heavy atom. The third-order valence-electron chi connectivity index (χ3n) is 2.33. The van der Waals surface area contributed by atoms with Crippen molar-refractivity contribution in [1.29, 1.82) is 0 Å². The van der Waals surface area contributed by atoms with Gasteiger partial charge in [0.15, 0.2) is 11.6 Å². The van der Waals surface area contributed by atoms with Crippen molar-refractivity contribution in [2.75, 3.05) is 0 Å². The summed E-state index contributed by atoms with van der Waals surface area (Å²) in [5.74, 6) is -1.64. The van der Waals surface area contributed by atoms with Gasteiger partial charge >= 0.3 is 0 Å². The van der Waals surface area contributed by atoms with Crippen molar-refractivity contribution in [3.05, 3.63) is 34.9 Å². The second kappa shape index (κ2) is 5.35. The molecule has 0 fully saturated rings. The van der Waals surface area contributed by atoms with E-state index in [4.69, 9.17) is 0 Å². The summed E-state index contributed by atoms with van der Waals surface area (Å²) >= 11 is 0. The highest BCUT2D eigenvalue weighted by Crippen LogP contribution is 2.14. The maximum atomic E-state index is 11.6. The fourth-order valence-electron chi connectivity index (χ4n) is 1.52. The van der Waals surface area contributed by atoms with Crippen molar-refractivity contribution < 1.29 is 19.2 Å². The molecule has 94 valence electrons. The number of nitrogens with one attached hydrogen (secondary N) is 1. The molecule has 0 saturated heterocycles. The number of imide groups is 1. The van der Waals surface area contributed by atoms with Gasteiger partial charge in [0, 0.05) is 23.6 Å². The van der Waals surface area contributed by atoms with Crippen LogP contribution >= 0.6 is 0 Å². The lowest BCUT2D eigenvalue weighted by atomic mass is 9.98. The molecule has 5 heteroatoms. The van der Waals surface area contributed by atoms with E-state index in [9.17, 15) is 19.2 Å². The molecular formula is C13H13NO4. The maximum Gasteiger partial charge on any atom is 0.257 e. The average Bonchev–Trinajstić information content (AvgIpc) is 2.26. The molecule has 5 nitrogen and oxygen atoms in total. The Labute approximate surface area is 104 Å². The van der Waals surface area contributed by atoms with Crippen LogP contribution in [0.4, 0.5) is 0 Å². The minimum Gasteiger partial charge on any atom is -0.294 e. The van der Waals surface area contributed by atoms with E-state index in [-0.39, 0.29) is 28.3 Å². The van der Waals surface area contributed by atoms with Crippen molar-refractivity contribution in [3.63, 3.8) is 0 Å². The van der Waals surface area contributed by atoms with E-state index >= 15 is 0 Å². The summed E-state index contributed by atoms with van der Waals surface area (Å²) in [5.41, 5.74) is 0.612. The Morgan fingerprint density at radius 2 is 1.44 bits per heavy atom. The first kappa shape index (κ1) is 13.8. The number of Topliss-reactive ketones (excluding diaryl/α,β-unsaturated/α-hetero) is 2. The van der Waals surface area contributed by atoms with Crippen LogP contribution < -0.4 is 5.32 Å². The number of hydrogen-bond acceptors (Lipinski definition) is 4. The minimum absolute atomic E-state index is 0.167. The van der Waals surface area contributed by atoms with Crippen LogP contribution in [0.5, 0.6) is 0 Å². The van der Waals surface area contributed by atoms with E-state index < -0.39 is 11.8 Å². The molecule has 1 aromatic carbocycles. The largest absolute Gasteiger partial charge is 0.294 e. The molecule has 0 aliphatic carbocycles. The molecule has 0 aliphatic heterocycles. The third kappa shape index (κ3) is 3.10. The molecule has 0 heterocycles. The molecule has 0 atom stereocenters. The normalized spacial score (nSPS) is 9.72. The van der Waals surface area contributed by atoms with Crippen LogP contribution in [-0.4, -0.2) is 23.4 Å². The van der Waals surface area contributed by atoms with Gasteiger partial charge in [-0.25, -0.2) is 0 Å². The highest BCUT2D eigenvalue weighted by atomic mass is 16.2. The monoisotopic (exact) mass is 247 g/mol. The number of amides is 2. The lowest BCUT2D eigenvalue weighted by Gasteiger charge is -2.07. The summed E-state index contributed by atoms with van der Waals surface area (Å²) < 4.78 is 0. The van der Waals surface area contributed by atoms with Gasteiger partial charge in [-0.05, 0) is 32.0 Å². The highest BCUT2D eigenvalue weighted by molar-refractivity contribution is 6.10. The lowest BCUT2D eigenvalue weighted by Crippen LogP contribution is -2.28. The molecule has 0 aromatic heterocycles. The SMILES string of the molecule is CC(=O)NC(=O)c1ccc(C(C)=O)c(C(C)=O)c1. The maximum absolute atomic E-state index is 11.6. The molecule has 0 radical (unpaired) electrons. The van der Waals surface area contributed by atoms with Gasteiger partial charge in [0.1, 0.15) is 0 Å². The Hall–Kier alpha value is -2.30. The first-order chi connectivity index (χ1) is 8.32. The second-order valence-electron chi connectivity index (χ2n) is 3.88. The number of benzene rings is 1. The number of carbonyl (C=O) groups is 4. The van der Waals surface area contributed by atoms with Gasteiger partial charge in [0.2, 0.25) is 5.91 Å². The third-order valence-corrected chi connectivity index (χ3v) is 2.33. The van der Waals surface area contributed by atoms with Gasteiger partial charge < -0.3 is 0 Å². The molecule has 0 aliphatic rings. The summed E-state index contributed by atoms with van der Waals surface area (Å²) in [5, 5.41) is 2.10. The van der Waals surface area contributed by atoms with Crippen molar-refractivity contribution >= 4 is 23.4 Å². The summed E-state index contributed by atoms with van der Waals surface area (Å²) in [6, 6.07) is 4.13. The smallest absolute Gasteiger partial charge is 0.257 e. The Balaban J connectivity index is 3.23. The molecule has 18 heavy (non-hydrogen) atoms. The summed E-state index contributed by atoms with van der Waals surface area (Å²) in [7, 11) is 0. The molecule has 0 unspecified atom stereocenters. The van der Waals surface area contributed by atoms with Gasteiger partial charge in [-0.2, -0.15) is 0 Å². The zero-order valence-electron chi connectivity index (χ0n) is 10.4. The molecule has 1 rings (SSSR count). The zero-order valence-corrected chi connectivity index (χ0v) is 10.4. The van der Waals surface area contributed by atoms with E-state index in [0.29, 0.717) is 0 Å². The van der Waals surface area contributed by atoms with E-state index in [1.807, 2.05) is 0 Å². The summed E-state index contributed by atoms with van der Waals surface area (Å²) in [6.07, 6.45) is 0. The summed E-state index contributed by atoms with van der Waals surface area (Å²) in [6.45, 7) is 3.87. The van der Waals surface area contributed by atoms with Crippen LogP contribution in [-0.2, 0) is 4.79 Å². The van der Waals surface area contributed by atoms with Crippen molar-refractivity contribution in [2.45, 2.75) is 20.8 Å². The molecular weight excluding hydrogens is 234 g/mol. The zero-order chi connectivity index (χ0) is 13.9. The standard InChI is InChI=1S/C13H13NO4/c1-7(15)11-5-4-10(6-12(11)8(2)16)13(18)14-9(3)17/h4-6H,1-3H3,(H,14,17,18). The molecule has 0 spiro atoms. The highest BCUT2D eigenvalue weighted by Gasteiger charge is 2.15. The van der Waals surface area contributed by atoms with Gasteiger partial charge in [0.05, 0.1) is 0 Å². The van der Waals surface area contributed by atoms with E-state index in [0.717, 1.165) is 0 Å². The molecule has 1 aromatic rings. The number of rotatable bonds is 3. The van der Waals surface area contributed by atoms with E-state index in [1.165, 1.54) is 39.0 Å². The van der Waals surface area contributed by atoms with Crippen LogP contribution in [0.15, 0.2) is 18.2 Å².